The molecular weight excluding hydrogens is 677 g/mol. The molecule has 0 spiro atoms. The van der Waals surface area contributed by atoms with Crippen LogP contribution in [0.2, 0.25) is 0 Å². The van der Waals surface area contributed by atoms with Gasteiger partial charge in [-0.1, -0.05) is 103 Å². The molecule has 2 atom stereocenters. The molecule has 53 heavy (non-hydrogen) atoms. The fourth-order valence-corrected chi connectivity index (χ4v) is 8.22. The molecule has 3 N–H and O–H groups in total. The average molecular weight is 731 g/mol. The molecule has 2 aromatic carbocycles. The lowest BCUT2D eigenvalue weighted by Gasteiger charge is -2.15. The second kappa shape index (κ2) is 17.8. The Balaban J connectivity index is 1.76. The summed E-state index contributed by atoms with van der Waals surface area (Å²) in [6, 6.07) is 16.8. The van der Waals surface area contributed by atoms with E-state index in [0.29, 0.717) is 29.3 Å². The summed E-state index contributed by atoms with van der Waals surface area (Å²) >= 11 is 1.59. The van der Waals surface area contributed by atoms with Gasteiger partial charge >= 0.3 is 0 Å². The summed E-state index contributed by atoms with van der Waals surface area (Å²) in [7, 11) is 0. The van der Waals surface area contributed by atoms with Gasteiger partial charge in [0.15, 0.2) is 5.84 Å². The number of nitrogens with one attached hydrogen (secondary N) is 3. The van der Waals surface area contributed by atoms with Crippen molar-refractivity contribution in [2.75, 3.05) is 5.32 Å². The number of carbonyl (C=O) groups is 2. The molecule has 5 rings (SSSR count). The molecule has 9 heteroatoms. The van der Waals surface area contributed by atoms with Crippen LogP contribution in [-0.4, -0.2) is 27.6 Å². The molecule has 0 bridgehead atoms. The van der Waals surface area contributed by atoms with Gasteiger partial charge in [0.1, 0.15) is 22.5 Å². The lowest BCUT2D eigenvalue weighted by molar-refractivity contribution is -0.124. The van der Waals surface area contributed by atoms with Gasteiger partial charge in [-0.3, -0.25) is 9.59 Å². The maximum atomic E-state index is 14.0. The molecule has 278 valence electrons. The number of hydrogen-bond donors (Lipinski definition) is 3. The number of H-pyrrole nitrogens is 1. The number of benzene rings is 2. The SMILES string of the molecule is CCCCC(CC)C(=O)NC1=NC(=Cc2[nH]c(NC(=O)C(CC)CCCC)c(-c3nc4ccccc4s3)c2-c2ccc(C)cc2C)C(C(C)C)=C1C#N. The van der Waals surface area contributed by atoms with Crippen LogP contribution in [0.15, 0.2) is 64.3 Å². The van der Waals surface area contributed by atoms with Crippen LogP contribution < -0.4 is 10.6 Å². The number of hydrogen-bond acceptors (Lipinski definition) is 6. The van der Waals surface area contributed by atoms with Gasteiger partial charge in [0.25, 0.3) is 0 Å². The average Bonchev–Trinajstić information content (AvgIpc) is 3.81. The molecule has 2 aromatic heterocycles. The first-order chi connectivity index (χ1) is 25.5. The first kappa shape index (κ1) is 39.4. The van der Waals surface area contributed by atoms with Gasteiger partial charge in [0.05, 0.1) is 27.2 Å². The van der Waals surface area contributed by atoms with E-state index < -0.39 is 0 Å². The van der Waals surface area contributed by atoms with E-state index in [1.54, 1.807) is 11.3 Å². The topological polar surface area (TPSA) is 123 Å². The molecule has 0 radical (unpaired) electrons. The van der Waals surface area contributed by atoms with E-state index in [-0.39, 0.29) is 29.6 Å². The predicted molar refractivity (Wildman–Crippen MR) is 221 cm³/mol. The third kappa shape index (κ3) is 8.71. The van der Waals surface area contributed by atoms with Crippen LogP contribution in [0.4, 0.5) is 5.82 Å². The van der Waals surface area contributed by atoms with Crippen LogP contribution in [0, 0.1) is 42.9 Å². The standard InChI is InChI=1S/C44H54N6O2S/c1-9-13-17-29(11-3)42(51)49-40-32(25-45)37(26(5)6)34(46-40)24-35-38(31-22-21-27(7)23-28(31)8)39(44-48-33-19-15-16-20-36(33)53-44)41(47-35)50-43(52)30(12-4)18-14-10-2/h15-16,19-24,26,29-30,47H,9-14,17-18H2,1-8H3,(H,50,52)(H,46,49,51). The van der Waals surface area contributed by atoms with Gasteiger partial charge in [0, 0.05) is 23.0 Å². The number of aromatic nitrogens is 2. The van der Waals surface area contributed by atoms with Gasteiger partial charge in [-0.2, -0.15) is 5.26 Å². The van der Waals surface area contributed by atoms with Gasteiger partial charge in [-0.25, -0.2) is 9.98 Å². The predicted octanol–water partition coefficient (Wildman–Crippen LogP) is 11.3. The molecule has 0 fully saturated rings. The molecule has 0 saturated carbocycles. The minimum Gasteiger partial charge on any atom is -0.341 e. The number of thiazole rings is 1. The first-order valence-corrected chi connectivity index (χ1v) is 20.1. The highest BCUT2D eigenvalue weighted by atomic mass is 32.1. The molecule has 1 aliphatic heterocycles. The Morgan fingerprint density at radius 3 is 2.17 bits per heavy atom. The number of aromatic amines is 1. The van der Waals surface area contributed by atoms with Crippen molar-refractivity contribution >= 4 is 51.1 Å². The molecule has 0 saturated heterocycles. The van der Waals surface area contributed by atoms with E-state index in [2.05, 4.69) is 80.6 Å². The third-order valence-corrected chi connectivity index (χ3v) is 11.3. The lowest BCUT2D eigenvalue weighted by Crippen LogP contribution is -2.35. The number of fused-ring (bicyclic) bond motifs is 1. The molecule has 2 unspecified atom stereocenters. The number of allylic oxidation sites excluding steroid dienone is 1. The van der Waals surface area contributed by atoms with Gasteiger partial charge in [0.2, 0.25) is 11.8 Å². The fourth-order valence-electron chi connectivity index (χ4n) is 7.20. The molecule has 8 nitrogen and oxygen atoms in total. The van der Waals surface area contributed by atoms with E-state index in [4.69, 9.17) is 9.98 Å². The molecule has 4 aromatic rings. The highest BCUT2D eigenvalue weighted by Crippen LogP contribution is 2.46. The van der Waals surface area contributed by atoms with Crippen LogP contribution in [0.3, 0.4) is 0 Å². The van der Waals surface area contributed by atoms with E-state index in [1.807, 2.05) is 45.0 Å². The van der Waals surface area contributed by atoms with Crippen LogP contribution in [0.25, 0.3) is 38.0 Å². The van der Waals surface area contributed by atoms with E-state index in [1.165, 1.54) is 0 Å². The molecule has 1 aliphatic rings. The Labute approximate surface area is 318 Å². The summed E-state index contributed by atoms with van der Waals surface area (Å²) in [5.41, 5.74) is 8.31. The highest BCUT2D eigenvalue weighted by Gasteiger charge is 2.31. The Hall–Kier alpha value is -4.81. The molecular formula is C44H54N6O2S. The molecule has 3 heterocycles. The number of nitrogens with zero attached hydrogens (tertiary/aromatic N) is 3. The van der Waals surface area contributed by atoms with E-state index in [0.717, 1.165) is 99.3 Å². The van der Waals surface area contributed by atoms with Gasteiger partial charge in [-0.15, -0.1) is 11.3 Å². The van der Waals surface area contributed by atoms with Crippen molar-refractivity contribution in [2.45, 2.75) is 107 Å². The fraction of sp³-hybridized carbons (Fsp3) is 0.432. The minimum atomic E-state index is -0.153. The van der Waals surface area contributed by atoms with Crippen molar-refractivity contribution in [2.24, 2.45) is 22.7 Å². The molecule has 0 aliphatic carbocycles. The third-order valence-electron chi connectivity index (χ3n) is 10.2. The van der Waals surface area contributed by atoms with Crippen molar-refractivity contribution < 1.29 is 9.59 Å². The Morgan fingerprint density at radius 1 is 0.925 bits per heavy atom. The van der Waals surface area contributed by atoms with Crippen molar-refractivity contribution in [1.82, 2.24) is 15.3 Å². The minimum absolute atomic E-state index is 0.0251. The van der Waals surface area contributed by atoms with Crippen molar-refractivity contribution in [1.29, 1.82) is 5.26 Å². The van der Waals surface area contributed by atoms with Crippen LogP contribution in [0.5, 0.6) is 0 Å². The Bertz CT molecular complexity index is 2070. The van der Waals surface area contributed by atoms with Gasteiger partial charge < -0.3 is 15.6 Å². The van der Waals surface area contributed by atoms with Gasteiger partial charge in [-0.05, 0) is 74.8 Å². The summed E-state index contributed by atoms with van der Waals surface area (Å²) in [6.07, 6.45) is 9.00. The van der Waals surface area contributed by atoms with Crippen molar-refractivity contribution in [3.63, 3.8) is 0 Å². The van der Waals surface area contributed by atoms with Crippen LogP contribution in [-0.2, 0) is 9.59 Å². The quantitative estimate of drug-likeness (QED) is 0.113. The first-order valence-electron chi connectivity index (χ1n) is 19.3. The zero-order chi connectivity index (χ0) is 38.2. The Kier molecular flexibility index (Phi) is 13.2. The number of aliphatic imine (C=N–C) groups is 1. The second-order valence-corrected chi connectivity index (χ2v) is 15.5. The maximum Gasteiger partial charge on any atom is 0.228 e. The number of amides is 2. The number of anilines is 1. The number of rotatable bonds is 15. The summed E-state index contributed by atoms with van der Waals surface area (Å²) < 4.78 is 1.05. The monoisotopic (exact) mass is 730 g/mol. The van der Waals surface area contributed by atoms with E-state index in [9.17, 15) is 14.9 Å². The summed E-state index contributed by atoms with van der Waals surface area (Å²) in [4.78, 5) is 41.1. The number of para-hydroxylation sites is 1. The van der Waals surface area contributed by atoms with Crippen LogP contribution in [0.1, 0.15) is 110 Å². The number of unbranched alkanes of at least 4 members (excludes halogenated alkanes) is 2. The Morgan fingerprint density at radius 2 is 1.58 bits per heavy atom. The molecule has 2 amide bonds. The zero-order valence-corrected chi connectivity index (χ0v) is 33.4. The number of aryl methyl sites for hydroxylation is 2. The lowest BCUT2D eigenvalue weighted by atomic mass is 9.93. The normalized spacial score (nSPS) is 14.9. The summed E-state index contributed by atoms with van der Waals surface area (Å²) in [5.74, 6) is 0.410. The summed E-state index contributed by atoms with van der Waals surface area (Å²) in [5, 5.41) is 17.6. The van der Waals surface area contributed by atoms with Crippen LogP contribution >= 0.6 is 11.3 Å². The number of amidine groups is 1. The zero-order valence-electron chi connectivity index (χ0n) is 32.6. The van der Waals surface area contributed by atoms with E-state index >= 15 is 0 Å². The van der Waals surface area contributed by atoms with Crippen molar-refractivity contribution in [3.05, 3.63) is 76.1 Å². The smallest absolute Gasteiger partial charge is 0.228 e. The van der Waals surface area contributed by atoms with Crippen molar-refractivity contribution in [3.8, 4) is 27.8 Å². The second-order valence-electron chi connectivity index (χ2n) is 14.5. The number of carbonyl (C=O) groups excluding carboxylic acids is 2. The number of nitriles is 1. The highest BCUT2D eigenvalue weighted by molar-refractivity contribution is 7.21. The maximum absolute atomic E-state index is 14.0. The largest absolute Gasteiger partial charge is 0.341 e. The summed E-state index contributed by atoms with van der Waals surface area (Å²) in [6.45, 7) is 16.6.